The van der Waals surface area contributed by atoms with Crippen LogP contribution in [0.2, 0.25) is 5.15 Å². The van der Waals surface area contributed by atoms with Gasteiger partial charge >= 0.3 is 0 Å². The van der Waals surface area contributed by atoms with Crippen LogP contribution in [-0.4, -0.2) is 47.9 Å². The fourth-order valence-electron chi connectivity index (χ4n) is 5.40. The molecule has 12 heteroatoms. The van der Waals surface area contributed by atoms with Gasteiger partial charge in [-0.1, -0.05) is 112 Å². The molecule has 2 amide bonds. The van der Waals surface area contributed by atoms with Crippen molar-refractivity contribution in [2.24, 2.45) is 11.8 Å². The Hall–Kier alpha value is -3.93. The van der Waals surface area contributed by atoms with Crippen molar-refractivity contribution in [3.63, 3.8) is 0 Å². The normalized spacial score (nSPS) is 12.8. The molecule has 0 fully saturated rings. The molecular formula is C36H41ClN4O5S2. The van der Waals surface area contributed by atoms with Crippen LogP contribution in [0.25, 0.3) is 11.1 Å². The van der Waals surface area contributed by atoms with Crippen LogP contribution in [0, 0.1) is 11.8 Å². The van der Waals surface area contributed by atoms with Crippen molar-refractivity contribution < 1.29 is 22.8 Å². The molecule has 0 saturated heterocycles. The summed E-state index contributed by atoms with van der Waals surface area (Å²) in [6.45, 7) is 5.92. The van der Waals surface area contributed by atoms with Crippen LogP contribution >= 0.6 is 24.2 Å². The number of imidazole rings is 1. The molecule has 0 aliphatic carbocycles. The van der Waals surface area contributed by atoms with Crippen LogP contribution in [0.1, 0.15) is 61.1 Å². The van der Waals surface area contributed by atoms with Gasteiger partial charge in [-0.2, -0.15) is 12.6 Å². The van der Waals surface area contributed by atoms with E-state index in [0.717, 1.165) is 29.8 Å². The summed E-state index contributed by atoms with van der Waals surface area (Å²) in [5, 5.41) is 2.93. The van der Waals surface area contributed by atoms with E-state index in [1.165, 1.54) is 6.07 Å². The minimum Gasteiger partial charge on any atom is -0.344 e. The molecule has 4 aromatic rings. The van der Waals surface area contributed by atoms with Crippen LogP contribution in [0.3, 0.4) is 0 Å². The first-order valence-corrected chi connectivity index (χ1v) is 18.4. The summed E-state index contributed by atoms with van der Waals surface area (Å²) in [6.07, 6.45) is 3.69. The molecule has 48 heavy (non-hydrogen) atoms. The fourth-order valence-corrected chi connectivity index (χ4v) is 7.18. The third kappa shape index (κ3) is 9.15. The number of sulfonamides is 1. The number of hydrogen-bond donors (Lipinski definition) is 3. The average Bonchev–Trinajstić information content (AvgIpc) is 3.38. The molecule has 254 valence electrons. The molecule has 1 heterocycles. The van der Waals surface area contributed by atoms with Crippen LogP contribution in [0.15, 0.2) is 83.8 Å². The Balaban J connectivity index is 1.52. The minimum atomic E-state index is -4.34. The number of aromatic nitrogens is 2. The lowest BCUT2D eigenvalue weighted by molar-refractivity contribution is -0.130. The summed E-state index contributed by atoms with van der Waals surface area (Å²) < 4.78 is 31.4. The number of benzene rings is 3. The number of aryl methyl sites for hydroxylation is 1. The van der Waals surface area contributed by atoms with Gasteiger partial charge in [0.15, 0.2) is 11.4 Å². The van der Waals surface area contributed by atoms with E-state index in [9.17, 15) is 22.8 Å². The monoisotopic (exact) mass is 708 g/mol. The van der Waals surface area contributed by atoms with Crippen molar-refractivity contribution in [3.05, 3.63) is 107 Å². The van der Waals surface area contributed by atoms with Crippen molar-refractivity contribution in [1.82, 2.24) is 19.6 Å². The van der Waals surface area contributed by atoms with Crippen LogP contribution in [0.5, 0.6) is 0 Å². The molecular weight excluding hydrogens is 668 g/mol. The van der Waals surface area contributed by atoms with Gasteiger partial charge in [0.25, 0.3) is 15.9 Å². The number of amides is 2. The van der Waals surface area contributed by atoms with Crippen molar-refractivity contribution in [2.45, 2.75) is 63.9 Å². The molecule has 1 aromatic heterocycles. The number of hydrogen-bond acceptors (Lipinski definition) is 7. The van der Waals surface area contributed by atoms with Gasteiger partial charge in [-0.15, -0.1) is 0 Å². The van der Waals surface area contributed by atoms with Crippen LogP contribution in [0.4, 0.5) is 0 Å². The second-order valence-corrected chi connectivity index (χ2v) is 14.3. The van der Waals surface area contributed by atoms with Gasteiger partial charge in [-0.25, -0.2) is 18.1 Å². The van der Waals surface area contributed by atoms with Gasteiger partial charge in [0.1, 0.15) is 17.6 Å². The summed E-state index contributed by atoms with van der Waals surface area (Å²) in [7, 11) is -4.34. The summed E-state index contributed by atoms with van der Waals surface area (Å²) >= 11 is 10.6. The average molecular weight is 709 g/mol. The number of halogens is 1. The summed E-state index contributed by atoms with van der Waals surface area (Å²) in [5.41, 5.74) is 3.15. The molecule has 0 aliphatic heterocycles. The Kier molecular flexibility index (Phi) is 13.0. The maximum absolute atomic E-state index is 13.7. The maximum atomic E-state index is 13.7. The Morgan fingerprint density at radius 3 is 2.25 bits per heavy atom. The highest BCUT2D eigenvalue weighted by molar-refractivity contribution is 7.90. The van der Waals surface area contributed by atoms with E-state index in [-0.39, 0.29) is 21.7 Å². The quantitative estimate of drug-likeness (QED) is 0.0948. The van der Waals surface area contributed by atoms with E-state index < -0.39 is 33.8 Å². The maximum Gasteiger partial charge on any atom is 0.264 e. The number of unbranched alkanes of at least 4 members (excludes halogenated alkanes) is 1. The smallest absolute Gasteiger partial charge is 0.264 e. The highest BCUT2D eigenvalue weighted by Crippen LogP contribution is 2.28. The first-order valence-electron chi connectivity index (χ1n) is 15.9. The number of nitrogens with zero attached hydrogens (tertiary/aromatic N) is 2. The molecule has 2 N–H and O–H groups in total. The number of aldehydes is 1. The third-order valence-corrected chi connectivity index (χ3v) is 10.2. The van der Waals surface area contributed by atoms with Crippen molar-refractivity contribution >= 4 is 52.4 Å². The molecule has 0 saturated carbocycles. The SMILES string of the molecule is CCCCc1nc(Cl)c(C=O)n1Cc1ccc(-c2ccccc2S(=O)(=O)NC(=O)[C@H](NC(=O)C(CS)Cc2ccccc2)C(C)C)cc1. The minimum absolute atomic E-state index is 0.0799. The van der Waals surface area contributed by atoms with E-state index in [2.05, 4.69) is 34.6 Å². The number of carbonyl (C=O) groups excluding carboxylic acids is 3. The topological polar surface area (TPSA) is 127 Å². The molecule has 0 bridgehead atoms. The highest BCUT2D eigenvalue weighted by atomic mass is 35.5. The number of nitrogens with one attached hydrogen (secondary N) is 2. The van der Waals surface area contributed by atoms with Gasteiger partial charge in [-0.3, -0.25) is 14.4 Å². The molecule has 3 aromatic carbocycles. The second-order valence-electron chi connectivity index (χ2n) is 12.0. The lowest BCUT2D eigenvalue weighted by Crippen LogP contribution is -2.52. The zero-order valence-electron chi connectivity index (χ0n) is 27.2. The standard InChI is InChI=1S/C36H41ClN4O5S2/c1-4-5-15-32-38-34(37)30(22-42)41(32)21-26-16-18-27(19-17-26)29-13-9-10-14-31(29)48(45,46)40-36(44)33(24(2)3)39-35(43)28(23-47)20-25-11-7-6-8-12-25/h6-14,16-19,22,24,28,33,47H,4-5,15,20-21,23H2,1-3H3,(H,39,43)(H,40,44)/t28?,33-/m1/s1. The van der Waals surface area contributed by atoms with Crippen molar-refractivity contribution in [3.8, 4) is 11.1 Å². The van der Waals surface area contributed by atoms with E-state index in [0.29, 0.717) is 42.5 Å². The lowest BCUT2D eigenvalue weighted by atomic mass is 9.98. The lowest BCUT2D eigenvalue weighted by Gasteiger charge is -2.24. The Bertz CT molecular complexity index is 1830. The Morgan fingerprint density at radius 1 is 0.958 bits per heavy atom. The fraction of sp³-hybridized carbons (Fsp3) is 0.333. The van der Waals surface area contributed by atoms with Gasteiger partial charge in [0.05, 0.1) is 10.8 Å². The predicted molar refractivity (Wildman–Crippen MR) is 192 cm³/mol. The van der Waals surface area contributed by atoms with E-state index in [4.69, 9.17) is 11.6 Å². The van der Waals surface area contributed by atoms with Gasteiger partial charge in [0.2, 0.25) is 5.91 Å². The van der Waals surface area contributed by atoms with Gasteiger partial charge in [0, 0.05) is 24.3 Å². The first-order chi connectivity index (χ1) is 23.0. The van der Waals surface area contributed by atoms with Gasteiger partial charge < -0.3 is 9.88 Å². The molecule has 4 rings (SSSR count). The molecule has 0 aliphatic rings. The molecule has 2 atom stereocenters. The van der Waals surface area contributed by atoms with E-state index >= 15 is 0 Å². The molecule has 0 spiro atoms. The van der Waals surface area contributed by atoms with E-state index in [1.807, 2.05) is 42.5 Å². The molecule has 9 nitrogen and oxygen atoms in total. The summed E-state index contributed by atoms with van der Waals surface area (Å²) in [4.78, 5) is 42.7. The molecule has 1 unspecified atom stereocenters. The second kappa shape index (κ2) is 16.9. The van der Waals surface area contributed by atoms with Crippen molar-refractivity contribution in [1.29, 1.82) is 0 Å². The zero-order chi connectivity index (χ0) is 34.8. The summed E-state index contributed by atoms with van der Waals surface area (Å²) in [5.74, 6) is -1.12. The van der Waals surface area contributed by atoms with Crippen LogP contribution in [-0.2, 0) is 39.0 Å². The zero-order valence-corrected chi connectivity index (χ0v) is 29.7. The Labute approximate surface area is 293 Å². The third-order valence-electron chi connectivity index (χ3n) is 8.09. The summed E-state index contributed by atoms with van der Waals surface area (Å²) in [6, 6.07) is 22.1. The van der Waals surface area contributed by atoms with Crippen molar-refractivity contribution in [2.75, 3.05) is 5.75 Å². The predicted octanol–water partition coefficient (Wildman–Crippen LogP) is 6.14. The highest BCUT2D eigenvalue weighted by Gasteiger charge is 2.31. The number of thiol groups is 1. The number of rotatable bonds is 16. The molecule has 0 radical (unpaired) electrons. The first kappa shape index (κ1) is 36.9. The van der Waals surface area contributed by atoms with Crippen LogP contribution < -0.4 is 10.0 Å². The van der Waals surface area contributed by atoms with Gasteiger partial charge in [-0.05, 0) is 41.5 Å². The van der Waals surface area contributed by atoms with E-state index in [1.54, 1.807) is 48.7 Å². The largest absolute Gasteiger partial charge is 0.344 e. The Morgan fingerprint density at radius 2 is 1.62 bits per heavy atom. The number of carbonyl (C=O) groups is 3.